The molecule has 1 aliphatic heterocycles. The molecule has 0 aliphatic carbocycles. The highest BCUT2D eigenvalue weighted by Gasteiger charge is 2.17. The van der Waals surface area contributed by atoms with Gasteiger partial charge in [0, 0.05) is 12.6 Å². The highest BCUT2D eigenvalue weighted by molar-refractivity contribution is 5.50. The Morgan fingerprint density at radius 2 is 1.85 bits per heavy atom. The van der Waals surface area contributed by atoms with Gasteiger partial charge in [0.15, 0.2) is 11.6 Å². The molecule has 0 saturated carbocycles. The topological polar surface area (TPSA) is 39.1 Å². The molecular weight excluding hydrogens is 260 g/mol. The van der Waals surface area contributed by atoms with E-state index in [0.717, 1.165) is 31.8 Å². The van der Waals surface area contributed by atoms with Crippen LogP contribution in [0.25, 0.3) is 0 Å². The molecule has 1 aliphatic rings. The molecule has 1 unspecified atom stereocenters. The van der Waals surface area contributed by atoms with E-state index in [9.17, 15) is 8.78 Å². The van der Waals surface area contributed by atoms with Crippen LogP contribution < -0.4 is 5.32 Å². The van der Waals surface area contributed by atoms with E-state index in [2.05, 4.69) is 10.2 Å². The van der Waals surface area contributed by atoms with Crippen molar-refractivity contribution in [3.63, 3.8) is 0 Å². The Hall–Kier alpha value is -1.67. The summed E-state index contributed by atoms with van der Waals surface area (Å²) in [4.78, 5) is 2.31. The van der Waals surface area contributed by atoms with Gasteiger partial charge >= 0.3 is 0 Å². The molecule has 0 bridgehead atoms. The van der Waals surface area contributed by atoms with Gasteiger partial charge in [-0.15, -0.1) is 0 Å². The van der Waals surface area contributed by atoms with Crippen LogP contribution in [0.2, 0.25) is 0 Å². The molecule has 3 nitrogen and oxygen atoms in total. The molecular formula is C15H19F2N3. The molecule has 5 heteroatoms. The van der Waals surface area contributed by atoms with E-state index in [4.69, 9.17) is 5.26 Å². The zero-order chi connectivity index (χ0) is 14.5. The summed E-state index contributed by atoms with van der Waals surface area (Å²) in [6, 6.07) is 3.80. The lowest BCUT2D eigenvalue weighted by molar-refractivity contribution is 0.223. The summed E-state index contributed by atoms with van der Waals surface area (Å²) in [5, 5.41) is 11.5. The van der Waals surface area contributed by atoms with E-state index in [1.54, 1.807) is 6.07 Å². The zero-order valence-corrected chi connectivity index (χ0v) is 11.6. The monoisotopic (exact) mass is 279 g/mol. The van der Waals surface area contributed by atoms with Gasteiger partial charge in [-0.3, -0.25) is 0 Å². The number of nitriles is 1. The van der Waals surface area contributed by atoms with Crippen LogP contribution in [0.4, 0.5) is 14.5 Å². The Bertz CT molecular complexity index is 481. The van der Waals surface area contributed by atoms with Crippen molar-refractivity contribution in [3.8, 4) is 6.07 Å². The van der Waals surface area contributed by atoms with Crippen LogP contribution >= 0.6 is 0 Å². The summed E-state index contributed by atoms with van der Waals surface area (Å²) in [5.74, 6) is -1.43. The normalized spacial score (nSPS) is 17.5. The number of piperidine rings is 1. The molecule has 1 heterocycles. The van der Waals surface area contributed by atoms with Crippen molar-refractivity contribution in [3.05, 3.63) is 29.3 Å². The predicted octanol–water partition coefficient (Wildman–Crippen LogP) is 3.12. The number of halogens is 2. The van der Waals surface area contributed by atoms with E-state index in [1.165, 1.54) is 19.3 Å². The minimum absolute atomic E-state index is 0.00534. The molecule has 0 aromatic heterocycles. The van der Waals surface area contributed by atoms with Crippen LogP contribution in [0.3, 0.4) is 0 Å². The van der Waals surface area contributed by atoms with Gasteiger partial charge in [0.25, 0.3) is 0 Å². The average molecular weight is 279 g/mol. The van der Waals surface area contributed by atoms with Crippen LogP contribution in [-0.2, 0) is 0 Å². The molecule has 1 aromatic carbocycles. The number of rotatable bonds is 4. The maximum Gasteiger partial charge on any atom is 0.150 e. The minimum atomic E-state index is -0.716. The summed E-state index contributed by atoms with van der Waals surface area (Å²) in [6.07, 6.45) is 3.63. The first kappa shape index (κ1) is 14.7. The first-order chi connectivity index (χ1) is 9.60. The maximum absolute atomic E-state index is 13.8. The van der Waals surface area contributed by atoms with E-state index < -0.39 is 11.6 Å². The molecule has 0 spiro atoms. The smallest absolute Gasteiger partial charge is 0.150 e. The third-order valence-electron chi connectivity index (χ3n) is 3.54. The summed E-state index contributed by atoms with van der Waals surface area (Å²) >= 11 is 0. The van der Waals surface area contributed by atoms with Crippen molar-refractivity contribution < 1.29 is 8.78 Å². The van der Waals surface area contributed by atoms with Gasteiger partial charge in [-0.25, -0.2) is 8.78 Å². The van der Waals surface area contributed by atoms with Gasteiger partial charge in [0.05, 0.1) is 11.6 Å². The Balaban J connectivity index is 2.00. The number of hydrogen-bond acceptors (Lipinski definition) is 3. The number of nitrogens with zero attached hydrogens (tertiary/aromatic N) is 2. The Labute approximate surface area is 118 Å². The highest BCUT2D eigenvalue weighted by atomic mass is 19.1. The molecule has 1 fully saturated rings. The Kier molecular flexibility index (Phi) is 4.91. The summed E-state index contributed by atoms with van der Waals surface area (Å²) < 4.78 is 27.5. The van der Waals surface area contributed by atoms with Crippen LogP contribution in [-0.4, -0.2) is 30.6 Å². The molecule has 0 amide bonds. The fraction of sp³-hybridized carbons (Fsp3) is 0.533. The third kappa shape index (κ3) is 3.67. The zero-order valence-electron chi connectivity index (χ0n) is 11.6. The van der Waals surface area contributed by atoms with Gasteiger partial charge in [0.2, 0.25) is 0 Å². The van der Waals surface area contributed by atoms with Gasteiger partial charge in [0.1, 0.15) is 5.69 Å². The molecule has 20 heavy (non-hydrogen) atoms. The van der Waals surface area contributed by atoms with Crippen molar-refractivity contribution in [2.45, 2.75) is 32.2 Å². The first-order valence-corrected chi connectivity index (χ1v) is 6.98. The fourth-order valence-corrected chi connectivity index (χ4v) is 2.60. The quantitative estimate of drug-likeness (QED) is 0.920. The maximum atomic E-state index is 13.8. The third-order valence-corrected chi connectivity index (χ3v) is 3.54. The molecule has 1 aromatic rings. The van der Waals surface area contributed by atoms with Crippen LogP contribution in [0, 0.1) is 23.0 Å². The lowest BCUT2D eigenvalue weighted by atomic mass is 10.1. The summed E-state index contributed by atoms with van der Waals surface area (Å²) in [5.41, 5.74) is -0.150. The molecule has 1 N–H and O–H groups in total. The number of nitrogens with one attached hydrogen (secondary N) is 1. The van der Waals surface area contributed by atoms with Crippen molar-refractivity contribution in [2.24, 2.45) is 0 Å². The Morgan fingerprint density at radius 3 is 2.40 bits per heavy atom. The fourth-order valence-electron chi connectivity index (χ4n) is 2.60. The van der Waals surface area contributed by atoms with Crippen molar-refractivity contribution in [1.29, 1.82) is 5.26 Å². The predicted molar refractivity (Wildman–Crippen MR) is 74.4 cm³/mol. The van der Waals surface area contributed by atoms with E-state index in [0.29, 0.717) is 0 Å². The minimum Gasteiger partial charge on any atom is -0.377 e. The van der Waals surface area contributed by atoms with Gasteiger partial charge < -0.3 is 10.2 Å². The van der Waals surface area contributed by atoms with Gasteiger partial charge in [-0.2, -0.15) is 5.26 Å². The summed E-state index contributed by atoms with van der Waals surface area (Å²) in [6.45, 7) is 4.76. The second-order valence-electron chi connectivity index (χ2n) is 5.33. The van der Waals surface area contributed by atoms with Crippen molar-refractivity contribution in [1.82, 2.24) is 4.90 Å². The van der Waals surface area contributed by atoms with Gasteiger partial charge in [-0.1, -0.05) is 6.42 Å². The SMILES string of the molecule is CC(CN1CCCCC1)Nc1c(F)cc(C#N)cc1F. The lowest BCUT2D eigenvalue weighted by Crippen LogP contribution is -2.38. The summed E-state index contributed by atoms with van der Waals surface area (Å²) in [7, 11) is 0. The number of benzene rings is 1. The largest absolute Gasteiger partial charge is 0.377 e. The van der Waals surface area contributed by atoms with E-state index >= 15 is 0 Å². The molecule has 108 valence electrons. The molecule has 1 atom stereocenters. The highest BCUT2D eigenvalue weighted by Crippen LogP contribution is 2.21. The number of likely N-dealkylation sites (tertiary alicyclic amines) is 1. The van der Waals surface area contributed by atoms with Crippen LogP contribution in [0.1, 0.15) is 31.7 Å². The second-order valence-corrected chi connectivity index (χ2v) is 5.33. The van der Waals surface area contributed by atoms with Crippen molar-refractivity contribution >= 4 is 5.69 Å². The van der Waals surface area contributed by atoms with E-state index in [-0.39, 0.29) is 17.3 Å². The van der Waals surface area contributed by atoms with Crippen LogP contribution in [0.15, 0.2) is 12.1 Å². The molecule has 0 radical (unpaired) electrons. The number of hydrogen-bond donors (Lipinski definition) is 1. The standard InChI is InChI=1S/C15H19F2N3/c1-11(10-20-5-3-2-4-6-20)19-15-13(16)7-12(9-18)8-14(15)17/h7-8,11,19H,2-6,10H2,1H3. The second kappa shape index (κ2) is 6.67. The van der Waals surface area contributed by atoms with Crippen LogP contribution in [0.5, 0.6) is 0 Å². The average Bonchev–Trinajstić information content (AvgIpc) is 2.43. The lowest BCUT2D eigenvalue weighted by Gasteiger charge is -2.29. The first-order valence-electron chi connectivity index (χ1n) is 6.98. The Morgan fingerprint density at radius 1 is 1.25 bits per heavy atom. The molecule has 1 saturated heterocycles. The number of anilines is 1. The van der Waals surface area contributed by atoms with E-state index in [1.807, 2.05) is 6.92 Å². The van der Waals surface area contributed by atoms with Crippen molar-refractivity contribution in [2.75, 3.05) is 25.0 Å². The van der Waals surface area contributed by atoms with Gasteiger partial charge in [-0.05, 0) is 45.0 Å². The molecule has 2 rings (SSSR count).